The highest BCUT2D eigenvalue weighted by atomic mass is 32.2. The van der Waals surface area contributed by atoms with Crippen LogP contribution in [0.25, 0.3) is 0 Å². The quantitative estimate of drug-likeness (QED) is 0.614. The SMILES string of the molecule is COc1ccc(CS[C@@H]2[C@H](C(=O)NNC(=O)c3ccccc3)C3CC[NH+]2CC3)cc1. The molecule has 3 aliphatic heterocycles. The third-order valence-electron chi connectivity index (χ3n) is 6.14. The van der Waals surface area contributed by atoms with E-state index in [1.807, 2.05) is 30.0 Å². The topological polar surface area (TPSA) is 71.9 Å². The molecule has 3 heterocycles. The van der Waals surface area contributed by atoms with Gasteiger partial charge in [0.2, 0.25) is 5.91 Å². The van der Waals surface area contributed by atoms with Crippen LogP contribution in [0, 0.1) is 11.8 Å². The molecule has 0 saturated carbocycles. The van der Waals surface area contributed by atoms with E-state index in [-0.39, 0.29) is 23.1 Å². The molecule has 0 spiro atoms. The zero-order valence-electron chi connectivity index (χ0n) is 17.1. The molecular weight excluding hydrogens is 398 g/mol. The van der Waals surface area contributed by atoms with Gasteiger partial charge in [-0.05, 0) is 35.7 Å². The fraction of sp³-hybridized carbons (Fsp3) is 0.391. The first-order valence-corrected chi connectivity index (χ1v) is 11.4. The molecule has 6 nitrogen and oxygen atoms in total. The fourth-order valence-corrected chi connectivity index (χ4v) is 6.09. The minimum atomic E-state index is -0.292. The van der Waals surface area contributed by atoms with E-state index in [9.17, 15) is 9.59 Å². The van der Waals surface area contributed by atoms with Crippen LogP contribution >= 0.6 is 11.8 Å². The Morgan fingerprint density at radius 3 is 2.40 bits per heavy atom. The number of benzene rings is 2. The average molecular weight is 427 g/mol. The first kappa shape index (κ1) is 20.8. The van der Waals surface area contributed by atoms with Gasteiger partial charge in [-0.25, -0.2) is 0 Å². The molecule has 0 unspecified atom stereocenters. The maximum absolute atomic E-state index is 13.1. The Balaban J connectivity index is 1.39. The molecule has 0 aromatic heterocycles. The number of quaternary nitrogens is 1. The highest BCUT2D eigenvalue weighted by Crippen LogP contribution is 2.34. The molecule has 3 fully saturated rings. The Labute approximate surface area is 181 Å². The van der Waals surface area contributed by atoms with Gasteiger partial charge in [0.1, 0.15) is 17.0 Å². The molecule has 2 aromatic rings. The Morgan fingerprint density at radius 1 is 1.03 bits per heavy atom. The third-order valence-corrected chi connectivity index (χ3v) is 7.62. The van der Waals surface area contributed by atoms with Crippen molar-refractivity contribution in [3.05, 3.63) is 65.7 Å². The van der Waals surface area contributed by atoms with Gasteiger partial charge in [0.25, 0.3) is 5.91 Å². The average Bonchev–Trinajstić information content (AvgIpc) is 2.82. The summed E-state index contributed by atoms with van der Waals surface area (Å²) in [7, 11) is 1.67. The van der Waals surface area contributed by atoms with E-state index < -0.39 is 0 Å². The zero-order chi connectivity index (χ0) is 20.9. The number of nitrogens with one attached hydrogen (secondary N) is 3. The second-order valence-electron chi connectivity index (χ2n) is 7.91. The highest BCUT2D eigenvalue weighted by Gasteiger charge is 2.49. The normalized spacial score (nSPS) is 24.8. The number of carbonyl (C=O) groups is 2. The molecule has 3 aliphatic rings. The molecule has 2 bridgehead atoms. The number of hydrogen-bond acceptors (Lipinski definition) is 4. The summed E-state index contributed by atoms with van der Waals surface area (Å²) in [5, 5.41) is 0.202. The number of rotatable bonds is 6. The lowest BCUT2D eigenvalue weighted by Crippen LogP contribution is -3.19. The van der Waals surface area contributed by atoms with Gasteiger partial charge in [0.05, 0.1) is 20.2 Å². The smallest absolute Gasteiger partial charge is 0.269 e. The van der Waals surface area contributed by atoms with E-state index in [0.717, 1.165) is 37.4 Å². The van der Waals surface area contributed by atoms with Crippen LogP contribution in [0.1, 0.15) is 28.8 Å². The molecule has 2 amide bonds. The van der Waals surface area contributed by atoms with Gasteiger partial charge in [0, 0.05) is 24.2 Å². The number of hydrazine groups is 1. The second-order valence-corrected chi connectivity index (χ2v) is 9.04. The predicted octanol–water partition coefficient (Wildman–Crippen LogP) is 1.64. The lowest BCUT2D eigenvalue weighted by Gasteiger charge is -2.46. The van der Waals surface area contributed by atoms with Crippen LogP contribution in [0.2, 0.25) is 0 Å². The monoisotopic (exact) mass is 426 g/mol. The summed E-state index contributed by atoms with van der Waals surface area (Å²) in [4.78, 5) is 26.8. The Kier molecular flexibility index (Phi) is 6.59. The van der Waals surface area contributed by atoms with Gasteiger partial charge in [-0.1, -0.05) is 42.1 Å². The molecule has 3 N–H and O–H groups in total. The van der Waals surface area contributed by atoms with Gasteiger partial charge in [-0.15, -0.1) is 0 Å². The predicted molar refractivity (Wildman–Crippen MR) is 117 cm³/mol. The van der Waals surface area contributed by atoms with Crippen molar-refractivity contribution in [2.24, 2.45) is 11.8 Å². The Bertz CT molecular complexity index is 867. The number of amides is 2. The van der Waals surface area contributed by atoms with Crippen LogP contribution < -0.4 is 20.5 Å². The minimum absolute atomic E-state index is 0.0755. The number of carbonyl (C=O) groups excluding carboxylic acids is 2. The summed E-state index contributed by atoms with van der Waals surface area (Å²) in [6.07, 6.45) is 2.14. The summed E-state index contributed by atoms with van der Waals surface area (Å²) >= 11 is 1.84. The summed E-state index contributed by atoms with van der Waals surface area (Å²) in [6.45, 7) is 2.23. The number of ether oxygens (including phenoxy) is 1. The Morgan fingerprint density at radius 2 is 1.73 bits per heavy atom. The van der Waals surface area contributed by atoms with Crippen LogP contribution in [0.3, 0.4) is 0 Å². The highest BCUT2D eigenvalue weighted by molar-refractivity contribution is 7.98. The standard InChI is InChI=1S/C23H27N3O3S/c1-29-19-9-7-16(8-10-19)15-30-23-20(17-11-13-26(23)14-12-17)22(28)25-24-21(27)18-5-3-2-4-6-18/h2-10,17,20,23H,11-15H2,1H3,(H,24,27)(H,25,28)/p+1/t20-,23+/m0/s1. The van der Waals surface area contributed by atoms with E-state index in [1.54, 1.807) is 31.4 Å². The molecular formula is C23H28N3O3S+. The number of hydrogen-bond donors (Lipinski definition) is 3. The van der Waals surface area contributed by atoms with Crippen LogP contribution in [0.15, 0.2) is 54.6 Å². The van der Waals surface area contributed by atoms with Crippen molar-refractivity contribution >= 4 is 23.6 Å². The number of methoxy groups -OCH3 is 1. The fourth-order valence-electron chi connectivity index (χ4n) is 4.50. The van der Waals surface area contributed by atoms with Crippen LogP contribution in [-0.4, -0.2) is 37.4 Å². The lowest BCUT2D eigenvalue weighted by molar-refractivity contribution is -0.930. The number of thioether (sulfide) groups is 1. The van der Waals surface area contributed by atoms with Gasteiger partial charge in [-0.3, -0.25) is 20.4 Å². The lowest BCUT2D eigenvalue weighted by atomic mass is 9.78. The number of piperidine rings is 3. The summed E-state index contributed by atoms with van der Waals surface area (Å²) < 4.78 is 5.23. The van der Waals surface area contributed by atoms with Crippen LogP contribution in [0.4, 0.5) is 0 Å². The van der Waals surface area contributed by atoms with Crippen molar-refractivity contribution < 1.29 is 19.2 Å². The summed E-state index contributed by atoms with van der Waals surface area (Å²) in [5.74, 6) is 1.62. The molecule has 0 radical (unpaired) electrons. The van der Waals surface area contributed by atoms with Crippen LogP contribution in [-0.2, 0) is 10.5 Å². The van der Waals surface area contributed by atoms with E-state index in [2.05, 4.69) is 23.0 Å². The molecule has 7 heteroatoms. The van der Waals surface area contributed by atoms with Gasteiger partial charge >= 0.3 is 0 Å². The maximum Gasteiger partial charge on any atom is 0.269 e. The Hall–Kier alpha value is -2.51. The van der Waals surface area contributed by atoms with Crippen LogP contribution in [0.5, 0.6) is 5.75 Å². The molecule has 0 aliphatic carbocycles. The number of fused-ring (bicyclic) bond motifs is 3. The minimum Gasteiger partial charge on any atom is -0.497 e. The second kappa shape index (κ2) is 9.53. The molecule has 30 heavy (non-hydrogen) atoms. The summed E-state index contributed by atoms with van der Waals surface area (Å²) in [6, 6.07) is 17.0. The first-order valence-electron chi connectivity index (χ1n) is 10.4. The van der Waals surface area contributed by atoms with Crippen molar-refractivity contribution in [3.8, 4) is 5.75 Å². The van der Waals surface area contributed by atoms with E-state index >= 15 is 0 Å². The molecule has 158 valence electrons. The van der Waals surface area contributed by atoms with Crippen molar-refractivity contribution in [1.29, 1.82) is 0 Å². The van der Waals surface area contributed by atoms with Gasteiger partial charge in [-0.2, -0.15) is 0 Å². The summed E-state index contributed by atoms with van der Waals surface area (Å²) in [5.41, 5.74) is 7.04. The van der Waals surface area contributed by atoms with Gasteiger partial charge < -0.3 is 9.64 Å². The maximum atomic E-state index is 13.1. The molecule has 2 atom stereocenters. The van der Waals surface area contributed by atoms with Crippen molar-refractivity contribution in [3.63, 3.8) is 0 Å². The van der Waals surface area contributed by atoms with E-state index in [1.165, 1.54) is 10.5 Å². The van der Waals surface area contributed by atoms with Crippen molar-refractivity contribution in [1.82, 2.24) is 10.9 Å². The van der Waals surface area contributed by atoms with E-state index in [0.29, 0.717) is 11.5 Å². The van der Waals surface area contributed by atoms with Crippen molar-refractivity contribution in [2.45, 2.75) is 24.0 Å². The van der Waals surface area contributed by atoms with Gasteiger partial charge in [0.15, 0.2) is 0 Å². The zero-order valence-corrected chi connectivity index (χ0v) is 17.9. The largest absolute Gasteiger partial charge is 0.497 e. The van der Waals surface area contributed by atoms with Crippen molar-refractivity contribution in [2.75, 3.05) is 20.2 Å². The van der Waals surface area contributed by atoms with E-state index in [4.69, 9.17) is 4.74 Å². The molecule has 2 aromatic carbocycles. The molecule has 5 rings (SSSR count). The first-order chi connectivity index (χ1) is 14.7. The third kappa shape index (κ3) is 4.63. The molecule has 3 saturated heterocycles.